The third-order valence-electron chi connectivity index (χ3n) is 3.57. The molecule has 0 spiro atoms. The number of rotatable bonds is 6. The zero-order chi connectivity index (χ0) is 18.7. The number of aromatic nitrogens is 2. The summed E-state index contributed by atoms with van der Waals surface area (Å²) in [6.07, 6.45) is 1.05. The predicted octanol–water partition coefficient (Wildman–Crippen LogP) is 3.21. The van der Waals surface area contributed by atoms with Crippen LogP contribution < -0.4 is 10.1 Å². The third kappa shape index (κ3) is 4.08. The number of carbonyl (C=O) groups excluding carboxylic acids is 1. The maximum absolute atomic E-state index is 12.5. The lowest BCUT2D eigenvalue weighted by Gasteiger charge is -2.16. The van der Waals surface area contributed by atoms with Crippen LogP contribution in [0.2, 0.25) is 0 Å². The van der Waals surface area contributed by atoms with Gasteiger partial charge in [0.1, 0.15) is 23.7 Å². The van der Waals surface area contributed by atoms with Crippen molar-refractivity contribution >= 4 is 17.3 Å². The molecule has 1 atom stereocenters. The molecule has 2 rings (SSSR count). The summed E-state index contributed by atoms with van der Waals surface area (Å²) in [5.74, 6) is -0.755. The molecule has 1 unspecified atom stereocenters. The van der Waals surface area contributed by atoms with Crippen LogP contribution in [-0.2, 0) is 4.79 Å². The largest absolute Gasteiger partial charge is 0.433 e. The van der Waals surface area contributed by atoms with Crippen molar-refractivity contribution < 1.29 is 23.2 Å². The fraction of sp³-hybridized carbons (Fsp3) is 0.333. The molecule has 1 heterocycles. The summed E-state index contributed by atoms with van der Waals surface area (Å²) in [6.45, 7) is 1.65. The first-order chi connectivity index (χ1) is 11.7. The van der Waals surface area contributed by atoms with E-state index < -0.39 is 23.5 Å². The Morgan fingerprint density at radius 1 is 1.40 bits per heavy atom. The zero-order valence-corrected chi connectivity index (χ0v) is 13.7. The Morgan fingerprint density at radius 3 is 2.64 bits per heavy atom. The lowest BCUT2D eigenvalue weighted by molar-refractivity contribution is -0.385. The number of hydrogen-bond acceptors (Lipinski definition) is 5. The van der Waals surface area contributed by atoms with E-state index in [9.17, 15) is 23.7 Å². The molecule has 0 saturated carbocycles. The summed E-state index contributed by atoms with van der Waals surface area (Å²) in [5, 5.41) is 17.2. The smallest absolute Gasteiger partial charge is 0.387 e. The highest BCUT2D eigenvalue weighted by Crippen LogP contribution is 2.28. The van der Waals surface area contributed by atoms with E-state index in [4.69, 9.17) is 0 Å². The number of ether oxygens (including phenoxy) is 1. The second-order valence-electron chi connectivity index (χ2n) is 5.36. The van der Waals surface area contributed by atoms with Crippen LogP contribution in [0.25, 0.3) is 0 Å². The first kappa shape index (κ1) is 18.3. The summed E-state index contributed by atoms with van der Waals surface area (Å²) in [5.41, 5.74) is 0.810. The molecule has 1 aromatic carbocycles. The van der Waals surface area contributed by atoms with Gasteiger partial charge < -0.3 is 10.1 Å². The van der Waals surface area contributed by atoms with E-state index in [0.29, 0.717) is 0 Å². The number of nitro groups is 1. The highest BCUT2D eigenvalue weighted by molar-refractivity contribution is 5.95. The molecule has 0 aliphatic rings. The molecule has 1 amide bonds. The predicted molar refractivity (Wildman–Crippen MR) is 84.8 cm³/mol. The standard InChI is InChI=1S/C15H16F2N4O4/c1-8-4-5-13(25-15(16)17)11(6-8)19-14(22)10(3)20-9(2)12(7-18-20)21(23)24/h4-7,10,15H,1-3H3,(H,19,22). The summed E-state index contributed by atoms with van der Waals surface area (Å²) in [6, 6.07) is 3.48. The zero-order valence-electron chi connectivity index (χ0n) is 13.7. The number of amides is 1. The molecule has 0 aliphatic carbocycles. The van der Waals surface area contributed by atoms with Crippen LogP contribution in [0.5, 0.6) is 5.75 Å². The molecule has 10 heteroatoms. The van der Waals surface area contributed by atoms with Gasteiger partial charge >= 0.3 is 12.3 Å². The molecule has 0 bridgehead atoms. The molecule has 25 heavy (non-hydrogen) atoms. The number of halogens is 2. The highest BCUT2D eigenvalue weighted by atomic mass is 19.3. The minimum atomic E-state index is -3.04. The second kappa shape index (κ2) is 7.24. The number of anilines is 1. The van der Waals surface area contributed by atoms with E-state index in [1.54, 1.807) is 13.0 Å². The van der Waals surface area contributed by atoms with Gasteiger partial charge in [0, 0.05) is 0 Å². The first-order valence-corrected chi connectivity index (χ1v) is 7.25. The number of hydrogen-bond donors (Lipinski definition) is 1. The van der Waals surface area contributed by atoms with Crippen molar-refractivity contribution in [3.63, 3.8) is 0 Å². The maximum atomic E-state index is 12.5. The van der Waals surface area contributed by atoms with Crippen LogP contribution >= 0.6 is 0 Å². The second-order valence-corrected chi connectivity index (χ2v) is 5.36. The molecule has 1 N–H and O–H groups in total. The Morgan fingerprint density at radius 2 is 2.08 bits per heavy atom. The van der Waals surface area contributed by atoms with Gasteiger partial charge in [-0.25, -0.2) is 0 Å². The number of carbonyl (C=O) groups is 1. The summed E-state index contributed by atoms with van der Waals surface area (Å²) in [7, 11) is 0. The van der Waals surface area contributed by atoms with E-state index in [1.807, 2.05) is 0 Å². The molecule has 0 fully saturated rings. The quantitative estimate of drug-likeness (QED) is 0.634. The normalized spacial score (nSPS) is 12.1. The molecule has 0 aliphatic heterocycles. The summed E-state index contributed by atoms with van der Waals surface area (Å²) >= 11 is 0. The number of alkyl halides is 2. The molecule has 0 saturated heterocycles. The number of nitrogens with one attached hydrogen (secondary N) is 1. The van der Waals surface area contributed by atoms with Crippen molar-refractivity contribution in [1.29, 1.82) is 0 Å². The molecular weight excluding hydrogens is 338 g/mol. The third-order valence-corrected chi connectivity index (χ3v) is 3.57. The van der Waals surface area contributed by atoms with Crippen molar-refractivity contribution in [1.82, 2.24) is 9.78 Å². The van der Waals surface area contributed by atoms with Gasteiger partial charge in [-0.1, -0.05) is 6.07 Å². The molecule has 1 aromatic heterocycles. The maximum Gasteiger partial charge on any atom is 0.387 e. The van der Waals surface area contributed by atoms with E-state index in [2.05, 4.69) is 15.2 Å². The molecule has 2 aromatic rings. The minimum Gasteiger partial charge on any atom is -0.433 e. The molecular formula is C15H16F2N4O4. The van der Waals surface area contributed by atoms with Gasteiger partial charge in [-0.2, -0.15) is 13.9 Å². The van der Waals surface area contributed by atoms with Crippen LogP contribution in [0, 0.1) is 24.0 Å². The average molecular weight is 354 g/mol. The Hall–Kier alpha value is -3.04. The van der Waals surface area contributed by atoms with Crippen molar-refractivity contribution in [2.24, 2.45) is 0 Å². The topological polar surface area (TPSA) is 99.3 Å². The van der Waals surface area contributed by atoms with Gasteiger partial charge in [-0.05, 0) is 38.5 Å². The molecule has 8 nitrogen and oxygen atoms in total. The fourth-order valence-corrected chi connectivity index (χ4v) is 2.27. The van der Waals surface area contributed by atoms with Crippen molar-refractivity contribution in [3.8, 4) is 5.75 Å². The summed E-state index contributed by atoms with van der Waals surface area (Å²) in [4.78, 5) is 22.7. The van der Waals surface area contributed by atoms with Crippen LogP contribution in [-0.4, -0.2) is 27.2 Å². The van der Waals surface area contributed by atoms with Gasteiger partial charge in [-0.3, -0.25) is 19.6 Å². The Labute approximate surface area is 141 Å². The fourth-order valence-electron chi connectivity index (χ4n) is 2.27. The van der Waals surface area contributed by atoms with Gasteiger partial charge in [0.05, 0.1) is 10.6 Å². The van der Waals surface area contributed by atoms with Crippen molar-refractivity contribution in [2.45, 2.75) is 33.4 Å². The molecule has 134 valence electrons. The van der Waals surface area contributed by atoms with Crippen molar-refractivity contribution in [2.75, 3.05) is 5.32 Å². The number of benzene rings is 1. The van der Waals surface area contributed by atoms with E-state index in [1.165, 1.54) is 30.7 Å². The summed E-state index contributed by atoms with van der Waals surface area (Å²) < 4.78 is 30.5. The Bertz CT molecular complexity index is 807. The lowest BCUT2D eigenvalue weighted by Crippen LogP contribution is -2.25. The highest BCUT2D eigenvalue weighted by Gasteiger charge is 2.24. The van der Waals surface area contributed by atoms with Gasteiger partial charge in [0.25, 0.3) is 0 Å². The van der Waals surface area contributed by atoms with E-state index in [-0.39, 0.29) is 22.8 Å². The lowest BCUT2D eigenvalue weighted by atomic mass is 10.2. The first-order valence-electron chi connectivity index (χ1n) is 7.25. The van der Waals surface area contributed by atoms with E-state index in [0.717, 1.165) is 11.8 Å². The van der Waals surface area contributed by atoms with Crippen LogP contribution in [0.3, 0.4) is 0 Å². The van der Waals surface area contributed by atoms with Gasteiger partial charge in [-0.15, -0.1) is 0 Å². The van der Waals surface area contributed by atoms with Crippen LogP contribution in [0.4, 0.5) is 20.2 Å². The van der Waals surface area contributed by atoms with Crippen LogP contribution in [0.1, 0.15) is 24.2 Å². The number of aryl methyl sites for hydroxylation is 1. The van der Waals surface area contributed by atoms with Crippen LogP contribution in [0.15, 0.2) is 24.4 Å². The monoisotopic (exact) mass is 354 g/mol. The van der Waals surface area contributed by atoms with E-state index >= 15 is 0 Å². The van der Waals surface area contributed by atoms with Crippen molar-refractivity contribution in [3.05, 3.63) is 45.8 Å². The Balaban J connectivity index is 2.25. The van der Waals surface area contributed by atoms with Gasteiger partial charge in [0.2, 0.25) is 5.91 Å². The average Bonchev–Trinajstić information content (AvgIpc) is 2.90. The SMILES string of the molecule is Cc1ccc(OC(F)F)c(NC(=O)C(C)n2ncc([N+](=O)[O-])c2C)c1. The number of nitrogens with zero attached hydrogens (tertiary/aromatic N) is 3. The Kier molecular flexibility index (Phi) is 5.30. The van der Waals surface area contributed by atoms with Gasteiger partial charge in [0.15, 0.2) is 0 Å². The minimum absolute atomic E-state index is 0.0801. The molecule has 0 radical (unpaired) electrons.